The molecule has 0 saturated heterocycles. The van der Waals surface area contributed by atoms with Crippen LogP contribution in [0.5, 0.6) is 0 Å². The first-order valence-corrected chi connectivity index (χ1v) is 6.51. The molecule has 0 saturated carbocycles. The maximum Gasteiger partial charge on any atom is 0.226 e. The van der Waals surface area contributed by atoms with Gasteiger partial charge in [-0.3, -0.25) is 4.79 Å². The van der Waals surface area contributed by atoms with Crippen LogP contribution in [0.2, 0.25) is 0 Å². The minimum atomic E-state index is -0.0393. The predicted octanol–water partition coefficient (Wildman–Crippen LogP) is 2.54. The lowest BCUT2D eigenvalue weighted by Crippen LogP contribution is -2.33. The summed E-state index contributed by atoms with van der Waals surface area (Å²) in [5, 5.41) is 8.33. The SMILES string of the molecule is CCCCCC(=O)NC(=S)Nc1nccs1. The zero-order valence-corrected chi connectivity index (χ0v) is 10.8. The van der Waals surface area contributed by atoms with Crippen molar-refractivity contribution >= 4 is 39.7 Å². The lowest BCUT2D eigenvalue weighted by atomic mass is 10.2. The van der Waals surface area contributed by atoms with Gasteiger partial charge in [0.1, 0.15) is 0 Å². The quantitative estimate of drug-likeness (QED) is 0.628. The van der Waals surface area contributed by atoms with Gasteiger partial charge in [-0.05, 0) is 18.6 Å². The van der Waals surface area contributed by atoms with Crippen molar-refractivity contribution in [3.05, 3.63) is 11.6 Å². The van der Waals surface area contributed by atoms with Gasteiger partial charge >= 0.3 is 0 Å². The molecular formula is C10H15N3OS2. The maximum absolute atomic E-state index is 11.4. The lowest BCUT2D eigenvalue weighted by molar-refractivity contribution is -0.119. The number of thiocarbonyl (C=S) groups is 1. The van der Waals surface area contributed by atoms with Crippen LogP contribution >= 0.6 is 23.6 Å². The van der Waals surface area contributed by atoms with Gasteiger partial charge in [0.25, 0.3) is 0 Å². The van der Waals surface area contributed by atoms with Crippen molar-refractivity contribution in [2.24, 2.45) is 0 Å². The van der Waals surface area contributed by atoms with Crippen LogP contribution in [0.25, 0.3) is 0 Å². The summed E-state index contributed by atoms with van der Waals surface area (Å²) in [6, 6.07) is 0. The molecule has 0 aliphatic carbocycles. The summed E-state index contributed by atoms with van der Waals surface area (Å²) in [6.07, 6.45) is 5.28. The third kappa shape index (κ3) is 5.18. The highest BCUT2D eigenvalue weighted by Gasteiger charge is 2.05. The summed E-state index contributed by atoms with van der Waals surface area (Å²) in [4.78, 5) is 15.4. The van der Waals surface area contributed by atoms with Crippen LogP contribution in [-0.4, -0.2) is 16.0 Å². The Morgan fingerprint density at radius 3 is 3.00 bits per heavy atom. The van der Waals surface area contributed by atoms with Crippen LogP contribution in [0.3, 0.4) is 0 Å². The first-order valence-electron chi connectivity index (χ1n) is 5.22. The van der Waals surface area contributed by atoms with E-state index in [-0.39, 0.29) is 5.91 Å². The fourth-order valence-electron chi connectivity index (χ4n) is 1.14. The molecule has 0 unspecified atom stereocenters. The van der Waals surface area contributed by atoms with Gasteiger partial charge in [-0.15, -0.1) is 11.3 Å². The highest BCUT2D eigenvalue weighted by Crippen LogP contribution is 2.09. The van der Waals surface area contributed by atoms with Gasteiger partial charge in [0.2, 0.25) is 5.91 Å². The highest BCUT2D eigenvalue weighted by atomic mass is 32.1. The van der Waals surface area contributed by atoms with Crippen LogP contribution in [0.1, 0.15) is 32.6 Å². The molecular weight excluding hydrogens is 242 g/mol. The summed E-state index contributed by atoms with van der Waals surface area (Å²) in [7, 11) is 0. The molecule has 0 aliphatic heterocycles. The van der Waals surface area contributed by atoms with Crippen molar-refractivity contribution < 1.29 is 4.79 Å². The molecule has 1 rings (SSSR count). The second kappa shape index (κ2) is 7.29. The molecule has 16 heavy (non-hydrogen) atoms. The van der Waals surface area contributed by atoms with Crippen LogP contribution in [0.4, 0.5) is 5.13 Å². The zero-order valence-electron chi connectivity index (χ0n) is 9.16. The number of hydrogen-bond donors (Lipinski definition) is 2. The second-order valence-electron chi connectivity index (χ2n) is 3.30. The van der Waals surface area contributed by atoms with Gasteiger partial charge in [-0.2, -0.15) is 0 Å². The zero-order chi connectivity index (χ0) is 11.8. The topological polar surface area (TPSA) is 54.0 Å². The average Bonchev–Trinajstić information content (AvgIpc) is 2.70. The van der Waals surface area contributed by atoms with Crippen molar-refractivity contribution in [1.82, 2.24) is 10.3 Å². The second-order valence-corrected chi connectivity index (χ2v) is 4.60. The van der Waals surface area contributed by atoms with Crippen LogP contribution in [-0.2, 0) is 4.79 Å². The Morgan fingerprint density at radius 2 is 2.38 bits per heavy atom. The number of nitrogens with zero attached hydrogens (tertiary/aromatic N) is 1. The Labute approximate surface area is 104 Å². The van der Waals surface area contributed by atoms with E-state index < -0.39 is 0 Å². The number of unbranched alkanes of at least 4 members (excludes halogenated alkanes) is 2. The molecule has 0 fully saturated rings. The summed E-state index contributed by atoms with van der Waals surface area (Å²) in [6.45, 7) is 2.10. The van der Waals surface area contributed by atoms with Crippen LogP contribution in [0.15, 0.2) is 11.6 Å². The number of nitrogens with one attached hydrogen (secondary N) is 2. The van der Waals surface area contributed by atoms with Crippen molar-refractivity contribution in [3.8, 4) is 0 Å². The van der Waals surface area contributed by atoms with Crippen molar-refractivity contribution in [1.29, 1.82) is 0 Å². The monoisotopic (exact) mass is 257 g/mol. The van der Waals surface area contributed by atoms with E-state index in [1.54, 1.807) is 6.20 Å². The van der Waals surface area contributed by atoms with E-state index in [0.29, 0.717) is 16.7 Å². The summed E-state index contributed by atoms with van der Waals surface area (Å²) < 4.78 is 0. The van der Waals surface area contributed by atoms with Gasteiger partial charge < -0.3 is 10.6 Å². The number of aromatic nitrogens is 1. The number of anilines is 1. The van der Waals surface area contributed by atoms with Gasteiger partial charge in [-0.25, -0.2) is 4.98 Å². The van der Waals surface area contributed by atoms with Crippen molar-refractivity contribution in [2.45, 2.75) is 32.6 Å². The van der Waals surface area contributed by atoms with Gasteiger partial charge in [0, 0.05) is 18.0 Å². The molecule has 0 radical (unpaired) electrons. The smallest absolute Gasteiger partial charge is 0.226 e. The van der Waals surface area contributed by atoms with E-state index >= 15 is 0 Å². The normalized spacial score (nSPS) is 9.81. The molecule has 1 amide bonds. The number of rotatable bonds is 5. The van der Waals surface area contributed by atoms with E-state index in [1.807, 2.05) is 5.38 Å². The Morgan fingerprint density at radius 1 is 1.56 bits per heavy atom. The molecule has 1 aromatic rings. The summed E-state index contributed by atoms with van der Waals surface area (Å²) in [5.74, 6) is -0.0393. The molecule has 0 aliphatic rings. The molecule has 2 N–H and O–H groups in total. The maximum atomic E-state index is 11.4. The van der Waals surface area contributed by atoms with Gasteiger partial charge in [0.05, 0.1) is 0 Å². The number of amides is 1. The summed E-state index contributed by atoms with van der Waals surface area (Å²) in [5.41, 5.74) is 0. The van der Waals surface area contributed by atoms with Crippen LogP contribution in [0, 0.1) is 0 Å². The molecule has 6 heteroatoms. The molecule has 4 nitrogen and oxygen atoms in total. The minimum Gasteiger partial charge on any atom is -0.308 e. The fraction of sp³-hybridized carbons (Fsp3) is 0.500. The van der Waals surface area contributed by atoms with E-state index in [0.717, 1.165) is 19.3 Å². The van der Waals surface area contributed by atoms with E-state index in [1.165, 1.54) is 11.3 Å². The summed E-state index contributed by atoms with van der Waals surface area (Å²) >= 11 is 6.42. The molecule has 0 bridgehead atoms. The third-order valence-corrected chi connectivity index (χ3v) is 2.81. The highest BCUT2D eigenvalue weighted by molar-refractivity contribution is 7.80. The lowest BCUT2D eigenvalue weighted by Gasteiger charge is -2.06. The van der Waals surface area contributed by atoms with Crippen molar-refractivity contribution in [2.75, 3.05) is 5.32 Å². The van der Waals surface area contributed by atoms with E-state index in [9.17, 15) is 4.79 Å². The minimum absolute atomic E-state index is 0.0393. The predicted molar refractivity (Wildman–Crippen MR) is 70.6 cm³/mol. The molecule has 0 aromatic carbocycles. The number of carbonyl (C=O) groups is 1. The average molecular weight is 257 g/mol. The molecule has 0 spiro atoms. The largest absolute Gasteiger partial charge is 0.308 e. The number of thiazole rings is 1. The molecule has 0 atom stereocenters. The Balaban J connectivity index is 2.21. The number of hydrogen-bond acceptors (Lipinski definition) is 4. The number of carbonyl (C=O) groups excluding carboxylic acids is 1. The molecule has 1 aromatic heterocycles. The Kier molecular flexibility index (Phi) is 5.95. The fourth-order valence-corrected chi connectivity index (χ4v) is 1.95. The molecule has 88 valence electrons. The first kappa shape index (κ1) is 13.1. The standard InChI is InChI=1S/C10H15N3OS2/c1-2-3-4-5-8(14)12-9(15)13-10-11-6-7-16-10/h6-7H,2-5H2,1H3,(H2,11,12,13,14,15). The van der Waals surface area contributed by atoms with Gasteiger partial charge in [0.15, 0.2) is 10.2 Å². The first-order chi connectivity index (χ1) is 7.72. The van der Waals surface area contributed by atoms with Crippen molar-refractivity contribution in [3.63, 3.8) is 0 Å². The Hall–Kier alpha value is -1.01. The van der Waals surface area contributed by atoms with Gasteiger partial charge in [-0.1, -0.05) is 19.8 Å². The third-order valence-electron chi connectivity index (χ3n) is 1.91. The Bertz CT molecular complexity index is 338. The van der Waals surface area contributed by atoms with E-state index in [4.69, 9.17) is 12.2 Å². The molecule has 1 heterocycles. The van der Waals surface area contributed by atoms with Crippen LogP contribution < -0.4 is 10.6 Å². The van der Waals surface area contributed by atoms with E-state index in [2.05, 4.69) is 22.5 Å².